The third-order valence-corrected chi connectivity index (χ3v) is 4.92. The highest BCUT2D eigenvalue weighted by Crippen LogP contribution is 2.25. The molecule has 1 aliphatic rings. The smallest absolute Gasteiger partial charge is 0.321 e. The molecule has 1 aliphatic heterocycles. The Morgan fingerprint density at radius 3 is 2.96 bits per heavy atom. The fraction of sp³-hybridized carbons (Fsp3) is 0.294. The Hall–Kier alpha value is -2.34. The molecule has 0 radical (unpaired) electrons. The summed E-state index contributed by atoms with van der Waals surface area (Å²) in [6.07, 6.45) is 0.914. The van der Waals surface area contributed by atoms with Gasteiger partial charge in [-0.1, -0.05) is 12.1 Å². The first-order chi connectivity index (χ1) is 11.1. The summed E-state index contributed by atoms with van der Waals surface area (Å²) < 4.78 is 0. The lowest BCUT2D eigenvalue weighted by Crippen LogP contribution is -2.46. The zero-order valence-electron chi connectivity index (χ0n) is 12.9. The van der Waals surface area contributed by atoms with Gasteiger partial charge in [0.1, 0.15) is 0 Å². The van der Waals surface area contributed by atoms with Gasteiger partial charge in [0.05, 0.1) is 5.92 Å². The van der Waals surface area contributed by atoms with Crippen LogP contribution in [0.3, 0.4) is 0 Å². The number of hydrogen-bond donors (Lipinski definition) is 2. The molecule has 1 aromatic carbocycles. The summed E-state index contributed by atoms with van der Waals surface area (Å²) in [5.41, 5.74) is 1.50. The molecule has 3 rings (SSSR count). The summed E-state index contributed by atoms with van der Waals surface area (Å²) in [7, 11) is 0. The molecule has 1 fully saturated rings. The van der Waals surface area contributed by atoms with E-state index < -0.39 is 0 Å². The molecule has 120 valence electrons. The largest absolute Gasteiger partial charge is 0.338 e. The molecule has 5 nitrogen and oxygen atoms in total. The first kappa shape index (κ1) is 15.6. The van der Waals surface area contributed by atoms with Gasteiger partial charge in [-0.2, -0.15) is 0 Å². The van der Waals surface area contributed by atoms with E-state index >= 15 is 0 Å². The number of carbonyl (C=O) groups is 2. The van der Waals surface area contributed by atoms with Crippen LogP contribution >= 0.6 is 11.3 Å². The fourth-order valence-electron chi connectivity index (χ4n) is 2.54. The summed E-state index contributed by atoms with van der Waals surface area (Å²) >= 11 is 1.57. The zero-order chi connectivity index (χ0) is 16.2. The van der Waals surface area contributed by atoms with Crippen molar-refractivity contribution in [3.63, 3.8) is 0 Å². The molecule has 0 aliphatic carbocycles. The van der Waals surface area contributed by atoms with Crippen molar-refractivity contribution in [3.05, 3.63) is 46.7 Å². The van der Waals surface area contributed by atoms with Gasteiger partial charge in [-0.15, -0.1) is 11.3 Å². The van der Waals surface area contributed by atoms with E-state index in [1.165, 1.54) is 0 Å². The van der Waals surface area contributed by atoms with Gasteiger partial charge in [-0.3, -0.25) is 9.69 Å². The number of nitrogens with one attached hydrogen (secondary N) is 2. The molecule has 2 aromatic rings. The Morgan fingerprint density at radius 2 is 2.22 bits per heavy atom. The molecule has 1 saturated heterocycles. The van der Waals surface area contributed by atoms with E-state index in [-0.39, 0.29) is 17.9 Å². The number of anilines is 2. The number of hydrogen-bond acceptors (Lipinski definition) is 3. The van der Waals surface area contributed by atoms with Gasteiger partial charge >= 0.3 is 6.03 Å². The molecular formula is C17H19N3O2S. The van der Waals surface area contributed by atoms with Gasteiger partial charge in [0.15, 0.2) is 0 Å². The number of rotatable bonds is 4. The fourth-order valence-corrected chi connectivity index (χ4v) is 3.33. The predicted molar refractivity (Wildman–Crippen MR) is 93.2 cm³/mol. The molecule has 1 atom stereocenters. The van der Waals surface area contributed by atoms with Crippen LogP contribution in [0.1, 0.15) is 24.1 Å². The van der Waals surface area contributed by atoms with Crippen LogP contribution in [-0.2, 0) is 4.79 Å². The Kier molecular flexibility index (Phi) is 4.62. The SMILES string of the molecule is C[C@@H](C(=O)Nc1cccc(N2CCCNC2=O)c1)c1cccs1. The highest BCUT2D eigenvalue weighted by Gasteiger charge is 2.20. The standard InChI is InChI=1S/C17H19N3O2S/c1-12(15-7-3-10-23-15)16(21)19-13-5-2-6-14(11-13)20-9-4-8-18-17(20)22/h2-3,5-7,10-12H,4,8-9H2,1H3,(H,18,22)(H,19,21)/t12-/m1/s1. The molecule has 0 unspecified atom stereocenters. The minimum atomic E-state index is -0.197. The molecule has 0 saturated carbocycles. The van der Waals surface area contributed by atoms with Gasteiger partial charge in [-0.25, -0.2) is 4.79 Å². The van der Waals surface area contributed by atoms with Crippen molar-refractivity contribution in [3.8, 4) is 0 Å². The van der Waals surface area contributed by atoms with Gasteiger partial charge < -0.3 is 10.6 Å². The van der Waals surface area contributed by atoms with Crippen molar-refractivity contribution in [2.45, 2.75) is 19.3 Å². The van der Waals surface area contributed by atoms with Crippen LogP contribution in [0, 0.1) is 0 Å². The maximum atomic E-state index is 12.4. The van der Waals surface area contributed by atoms with E-state index in [2.05, 4.69) is 10.6 Å². The predicted octanol–water partition coefficient (Wildman–Crippen LogP) is 3.41. The first-order valence-electron chi connectivity index (χ1n) is 7.65. The second kappa shape index (κ2) is 6.83. The van der Waals surface area contributed by atoms with Gasteiger partial charge in [0.25, 0.3) is 0 Å². The van der Waals surface area contributed by atoms with E-state index in [0.29, 0.717) is 18.8 Å². The van der Waals surface area contributed by atoms with Crippen LogP contribution in [0.4, 0.5) is 16.2 Å². The summed E-state index contributed by atoms with van der Waals surface area (Å²) in [6, 6.07) is 11.2. The molecule has 0 spiro atoms. The molecule has 2 N–H and O–H groups in total. The van der Waals surface area contributed by atoms with Crippen LogP contribution in [0.2, 0.25) is 0 Å². The number of nitrogens with zero attached hydrogens (tertiary/aromatic N) is 1. The third-order valence-electron chi connectivity index (χ3n) is 3.87. The van der Waals surface area contributed by atoms with Crippen LogP contribution < -0.4 is 15.5 Å². The lowest BCUT2D eigenvalue weighted by Gasteiger charge is -2.27. The molecule has 0 bridgehead atoms. The zero-order valence-corrected chi connectivity index (χ0v) is 13.7. The second-order valence-corrected chi connectivity index (χ2v) is 6.49. The number of benzene rings is 1. The molecule has 3 amide bonds. The first-order valence-corrected chi connectivity index (χ1v) is 8.53. The maximum absolute atomic E-state index is 12.4. The van der Waals surface area contributed by atoms with Crippen LogP contribution in [0.5, 0.6) is 0 Å². The molecule has 23 heavy (non-hydrogen) atoms. The summed E-state index contributed by atoms with van der Waals surface area (Å²) in [6.45, 7) is 3.29. The maximum Gasteiger partial charge on any atom is 0.321 e. The summed E-state index contributed by atoms with van der Waals surface area (Å²) in [4.78, 5) is 27.0. The molecule has 1 aromatic heterocycles. The van der Waals surface area contributed by atoms with E-state index in [0.717, 1.165) is 17.0 Å². The van der Waals surface area contributed by atoms with Crippen molar-refractivity contribution in [2.75, 3.05) is 23.3 Å². The Morgan fingerprint density at radius 1 is 1.35 bits per heavy atom. The van der Waals surface area contributed by atoms with E-state index in [9.17, 15) is 9.59 Å². The summed E-state index contributed by atoms with van der Waals surface area (Å²) in [5.74, 6) is -0.246. The molecule has 2 heterocycles. The minimum absolute atomic E-state index is 0.0484. The number of urea groups is 1. The van der Waals surface area contributed by atoms with Crippen molar-refractivity contribution < 1.29 is 9.59 Å². The normalized spacial score (nSPS) is 15.9. The monoisotopic (exact) mass is 329 g/mol. The van der Waals surface area contributed by atoms with E-state index in [1.54, 1.807) is 16.2 Å². The highest BCUT2D eigenvalue weighted by atomic mass is 32.1. The number of carbonyl (C=O) groups excluding carboxylic acids is 2. The van der Waals surface area contributed by atoms with E-state index in [1.807, 2.05) is 48.7 Å². The Labute approximate surface area is 139 Å². The molecule has 6 heteroatoms. The average Bonchev–Trinajstić information content (AvgIpc) is 3.09. The third kappa shape index (κ3) is 3.53. The lowest BCUT2D eigenvalue weighted by molar-refractivity contribution is -0.117. The van der Waals surface area contributed by atoms with Crippen molar-refractivity contribution in [1.82, 2.24) is 5.32 Å². The van der Waals surface area contributed by atoms with Crippen molar-refractivity contribution in [1.29, 1.82) is 0 Å². The number of amides is 3. The van der Waals surface area contributed by atoms with Gasteiger partial charge in [-0.05, 0) is 43.0 Å². The Bertz CT molecular complexity index is 700. The molecular weight excluding hydrogens is 310 g/mol. The summed E-state index contributed by atoms with van der Waals surface area (Å²) in [5, 5.41) is 7.73. The number of thiophene rings is 1. The lowest BCUT2D eigenvalue weighted by atomic mass is 10.1. The average molecular weight is 329 g/mol. The quantitative estimate of drug-likeness (QED) is 0.903. The Balaban J connectivity index is 1.72. The van der Waals surface area contributed by atoms with Crippen LogP contribution in [0.25, 0.3) is 0 Å². The highest BCUT2D eigenvalue weighted by molar-refractivity contribution is 7.10. The van der Waals surface area contributed by atoms with Crippen molar-refractivity contribution in [2.24, 2.45) is 0 Å². The van der Waals surface area contributed by atoms with Gasteiger partial charge in [0.2, 0.25) is 5.91 Å². The van der Waals surface area contributed by atoms with Crippen LogP contribution in [-0.4, -0.2) is 25.0 Å². The minimum Gasteiger partial charge on any atom is -0.338 e. The van der Waals surface area contributed by atoms with Crippen molar-refractivity contribution >= 4 is 34.6 Å². The van der Waals surface area contributed by atoms with Crippen LogP contribution in [0.15, 0.2) is 41.8 Å². The van der Waals surface area contributed by atoms with Gasteiger partial charge in [0, 0.05) is 29.3 Å². The topological polar surface area (TPSA) is 61.4 Å². The second-order valence-electron chi connectivity index (χ2n) is 5.51. The van der Waals surface area contributed by atoms with E-state index in [4.69, 9.17) is 0 Å².